The smallest absolute Gasteiger partial charge is 0.348 e. The summed E-state index contributed by atoms with van der Waals surface area (Å²) in [6, 6.07) is 0. The molecule has 0 amide bonds. The molecule has 96 valence electrons. The molecule has 0 bridgehead atoms. The van der Waals surface area contributed by atoms with Gasteiger partial charge in [-0.1, -0.05) is 26.7 Å². The number of rotatable bonds is 3. The van der Waals surface area contributed by atoms with Gasteiger partial charge in [0.2, 0.25) is 5.60 Å². The van der Waals surface area contributed by atoms with E-state index in [4.69, 9.17) is 4.74 Å². The molecule has 2 atom stereocenters. The standard InChI is InChI=1S/C13H20O4/c1-8(2)10-7-13(12(15)16,17-11(10)14)9-5-3-4-6-9/h8-10H,3-7H2,1-2H3,(H,15,16). The predicted molar refractivity (Wildman–Crippen MR) is 61.4 cm³/mol. The van der Waals surface area contributed by atoms with E-state index >= 15 is 0 Å². The minimum atomic E-state index is -1.23. The van der Waals surface area contributed by atoms with Crippen molar-refractivity contribution < 1.29 is 19.4 Å². The number of aliphatic carboxylic acids is 1. The SMILES string of the molecule is CC(C)C1CC(C(=O)O)(C2CCCC2)OC1=O. The fraction of sp³-hybridized carbons (Fsp3) is 0.846. The monoisotopic (exact) mass is 240 g/mol. The first-order valence-electron chi connectivity index (χ1n) is 6.43. The molecule has 1 N–H and O–H groups in total. The van der Waals surface area contributed by atoms with Gasteiger partial charge in [0.15, 0.2) is 0 Å². The Morgan fingerprint density at radius 2 is 2.00 bits per heavy atom. The second kappa shape index (κ2) is 4.31. The van der Waals surface area contributed by atoms with Crippen LogP contribution in [-0.4, -0.2) is 22.6 Å². The fourth-order valence-corrected chi connectivity index (χ4v) is 3.16. The van der Waals surface area contributed by atoms with Gasteiger partial charge in [-0.3, -0.25) is 4.79 Å². The lowest BCUT2D eigenvalue weighted by Crippen LogP contribution is -2.45. The Morgan fingerprint density at radius 1 is 1.41 bits per heavy atom. The van der Waals surface area contributed by atoms with E-state index in [1.807, 2.05) is 13.8 Å². The van der Waals surface area contributed by atoms with E-state index in [9.17, 15) is 14.7 Å². The van der Waals surface area contributed by atoms with E-state index in [0.717, 1.165) is 25.7 Å². The number of carboxylic acid groups (broad SMARTS) is 1. The highest BCUT2D eigenvalue weighted by Crippen LogP contribution is 2.46. The van der Waals surface area contributed by atoms with Gasteiger partial charge in [0, 0.05) is 12.3 Å². The summed E-state index contributed by atoms with van der Waals surface area (Å²) in [4.78, 5) is 23.4. The molecule has 17 heavy (non-hydrogen) atoms. The van der Waals surface area contributed by atoms with Crippen molar-refractivity contribution in [2.45, 2.75) is 51.6 Å². The van der Waals surface area contributed by atoms with Gasteiger partial charge in [-0.05, 0) is 18.8 Å². The zero-order chi connectivity index (χ0) is 12.6. The van der Waals surface area contributed by atoms with E-state index in [-0.39, 0.29) is 23.7 Å². The van der Waals surface area contributed by atoms with Crippen molar-refractivity contribution in [1.82, 2.24) is 0 Å². The zero-order valence-corrected chi connectivity index (χ0v) is 10.4. The Balaban J connectivity index is 2.25. The first-order valence-corrected chi connectivity index (χ1v) is 6.43. The van der Waals surface area contributed by atoms with Crippen LogP contribution in [-0.2, 0) is 14.3 Å². The molecular formula is C13H20O4. The lowest BCUT2D eigenvalue weighted by atomic mass is 9.78. The highest BCUT2D eigenvalue weighted by molar-refractivity contribution is 5.87. The summed E-state index contributed by atoms with van der Waals surface area (Å²) in [7, 11) is 0. The first kappa shape index (κ1) is 12.4. The van der Waals surface area contributed by atoms with Crippen LogP contribution >= 0.6 is 0 Å². The summed E-state index contributed by atoms with van der Waals surface area (Å²) in [5.74, 6) is -1.39. The Bertz CT molecular complexity index is 328. The maximum absolute atomic E-state index is 11.8. The molecule has 0 aromatic carbocycles. The van der Waals surface area contributed by atoms with Gasteiger partial charge in [0.05, 0.1) is 5.92 Å². The molecule has 1 aliphatic carbocycles. The quantitative estimate of drug-likeness (QED) is 0.768. The lowest BCUT2D eigenvalue weighted by molar-refractivity contribution is -0.176. The van der Waals surface area contributed by atoms with Crippen LogP contribution in [0.25, 0.3) is 0 Å². The molecule has 0 aromatic heterocycles. The minimum absolute atomic E-state index is 0.00713. The van der Waals surface area contributed by atoms with Crippen LogP contribution in [0.1, 0.15) is 46.0 Å². The summed E-state index contributed by atoms with van der Waals surface area (Å²) < 4.78 is 5.33. The molecule has 2 unspecified atom stereocenters. The molecule has 0 aromatic rings. The molecule has 4 nitrogen and oxygen atoms in total. The third kappa shape index (κ3) is 1.94. The normalized spacial score (nSPS) is 34.3. The van der Waals surface area contributed by atoms with Crippen LogP contribution in [0, 0.1) is 17.8 Å². The third-order valence-corrected chi connectivity index (χ3v) is 4.29. The molecule has 4 heteroatoms. The highest BCUT2D eigenvalue weighted by atomic mass is 16.6. The van der Waals surface area contributed by atoms with Crippen molar-refractivity contribution in [1.29, 1.82) is 0 Å². The number of carbonyl (C=O) groups excluding carboxylic acids is 1. The summed E-state index contributed by atoms with van der Waals surface area (Å²) in [6.45, 7) is 3.89. The molecule has 2 aliphatic rings. The van der Waals surface area contributed by atoms with Crippen molar-refractivity contribution in [2.24, 2.45) is 17.8 Å². The number of esters is 1. The molecule has 2 rings (SSSR count). The second-order valence-corrected chi connectivity index (χ2v) is 5.65. The van der Waals surface area contributed by atoms with Gasteiger partial charge in [0.1, 0.15) is 0 Å². The molecule has 1 saturated carbocycles. The van der Waals surface area contributed by atoms with Crippen molar-refractivity contribution >= 4 is 11.9 Å². The number of ether oxygens (including phenoxy) is 1. The van der Waals surface area contributed by atoms with Crippen molar-refractivity contribution in [2.75, 3.05) is 0 Å². The van der Waals surface area contributed by atoms with E-state index in [2.05, 4.69) is 0 Å². The van der Waals surface area contributed by atoms with Crippen LogP contribution < -0.4 is 0 Å². The van der Waals surface area contributed by atoms with Crippen LogP contribution in [0.5, 0.6) is 0 Å². The lowest BCUT2D eigenvalue weighted by Gasteiger charge is -2.29. The topological polar surface area (TPSA) is 63.6 Å². The number of carboxylic acids is 1. The Labute approximate surface area is 101 Å². The number of carbonyl (C=O) groups is 2. The van der Waals surface area contributed by atoms with Gasteiger partial charge in [0.25, 0.3) is 0 Å². The Kier molecular flexibility index (Phi) is 3.15. The van der Waals surface area contributed by atoms with Crippen LogP contribution in [0.15, 0.2) is 0 Å². The van der Waals surface area contributed by atoms with Gasteiger partial charge in [-0.25, -0.2) is 4.79 Å². The maximum Gasteiger partial charge on any atom is 0.348 e. The first-order chi connectivity index (χ1) is 7.97. The highest BCUT2D eigenvalue weighted by Gasteiger charge is 2.57. The van der Waals surface area contributed by atoms with Crippen LogP contribution in [0.3, 0.4) is 0 Å². The third-order valence-electron chi connectivity index (χ3n) is 4.29. The maximum atomic E-state index is 11.8. The number of cyclic esters (lactones) is 1. The van der Waals surface area contributed by atoms with Gasteiger partial charge in [-0.15, -0.1) is 0 Å². The van der Waals surface area contributed by atoms with E-state index < -0.39 is 11.6 Å². The number of hydrogen-bond donors (Lipinski definition) is 1. The van der Waals surface area contributed by atoms with Crippen LogP contribution in [0.4, 0.5) is 0 Å². The molecule has 0 radical (unpaired) electrons. The van der Waals surface area contributed by atoms with Crippen molar-refractivity contribution in [3.63, 3.8) is 0 Å². The summed E-state index contributed by atoms with van der Waals surface area (Å²) in [5.41, 5.74) is -1.23. The van der Waals surface area contributed by atoms with E-state index in [1.54, 1.807) is 0 Å². The Morgan fingerprint density at radius 3 is 2.41 bits per heavy atom. The van der Waals surface area contributed by atoms with Crippen LogP contribution in [0.2, 0.25) is 0 Å². The predicted octanol–water partition coefficient (Wildman–Crippen LogP) is 2.22. The van der Waals surface area contributed by atoms with Gasteiger partial charge in [-0.2, -0.15) is 0 Å². The summed E-state index contributed by atoms with van der Waals surface area (Å²) in [6.07, 6.45) is 4.17. The summed E-state index contributed by atoms with van der Waals surface area (Å²) in [5, 5.41) is 9.46. The molecule has 2 fully saturated rings. The zero-order valence-electron chi connectivity index (χ0n) is 10.4. The largest absolute Gasteiger partial charge is 0.478 e. The molecule has 1 heterocycles. The van der Waals surface area contributed by atoms with E-state index in [1.165, 1.54) is 0 Å². The average molecular weight is 240 g/mol. The van der Waals surface area contributed by atoms with Gasteiger partial charge >= 0.3 is 11.9 Å². The average Bonchev–Trinajstić information content (AvgIpc) is 2.84. The van der Waals surface area contributed by atoms with Gasteiger partial charge < -0.3 is 9.84 Å². The molecule has 1 aliphatic heterocycles. The molecule has 1 saturated heterocycles. The Hall–Kier alpha value is -1.06. The van der Waals surface area contributed by atoms with Crippen molar-refractivity contribution in [3.8, 4) is 0 Å². The number of hydrogen-bond acceptors (Lipinski definition) is 3. The van der Waals surface area contributed by atoms with Crippen molar-refractivity contribution in [3.05, 3.63) is 0 Å². The molecular weight excluding hydrogens is 220 g/mol. The second-order valence-electron chi connectivity index (χ2n) is 5.65. The minimum Gasteiger partial charge on any atom is -0.478 e. The fourth-order valence-electron chi connectivity index (χ4n) is 3.16. The van der Waals surface area contributed by atoms with E-state index in [0.29, 0.717) is 6.42 Å². The molecule has 0 spiro atoms. The summed E-state index contributed by atoms with van der Waals surface area (Å²) >= 11 is 0.